The molecule has 3 rings (SSSR count). The molecule has 2 heterocycles. The van der Waals surface area contributed by atoms with Crippen LogP contribution in [0.1, 0.15) is 39.5 Å². The van der Waals surface area contributed by atoms with E-state index in [-0.39, 0.29) is 17.4 Å². The molecule has 1 amide bonds. The van der Waals surface area contributed by atoms with Crippen molar-refractivity contribution in [3.05, 3.63) is 24.3 Å². The average molecular weight is 380 g/mol. The third-order valence-electron chi connectivity index (χ3n) is 5.32. The van der Waals surface area contributed by atoms with Gasteiger partial charge in [0.15, 0.2) is 9.84 Å². The minimum absolute atomic E-state index is 0.0855. The lowest BCUT2D eigenvalue weighted by molar-refractivity contribution is -0.118. The molecule has 0 aliphatic carbocycles. The molecule has 1 aromatic rings. The van der Waals surface area contributed by atoms with Gasteiger partial charge >= 0.3 is 0 Å². The Balaban J connectivity index is 1.55. The van der Waals surface area contributed by atoms with E-state index < -0.39 is 21.4 Å². The summed E-state index contributed by atoms with van der Waals surface area (Å²) in [6, 6.07) is 7.48. The van der Waals surface area contributed by atoms with Gasteiger partial charge in [-0.15, -0.1) is 0 Å². The van der Waals surface area contributed by atoms with Crippen LogP contribution in [0, 0.1) is 0 Å². The first kappa shape index (κ1) is 19.2. The van der Waals surface area contributed by atoms with E-state index in [0.29, 0.717) is 6.42 Å². The van der Waals surface area contributed by atoms with E-state index in [4.69, 9.17) is 0 Å². The second kappa shape index (κ2) is 7.56. The molecule has 26 heavy (non-hydrogen) atoms. The molecule has 6 nitrogen and oxygen atoms in total. The molecule has 1 aromatic carbocycles. The van der Waals surface area contributed by atoms with Crippen LogP contribution >= 0.6 is 0 Å². The van der Waals surface area contributed by atoms with Gasteiger partial charge < -0.3 is 10.2 Å². The van der Waals surface area contributed by atoms with Crippen LogP contribution in [-0.2, 0) is 14.6 Å². The van der Waals surface area contributed by atoms with Crippen LogP contribution in [0.3, 0.4) is 0 Å². The predicted molar refractivity (Wildman–Crippen MR) is 105 cm³/mol. The van der Waals surface area contributed by atoms with Gasteiger partial charge in [0.2, 0.25) is 5.91 Å². The molecule has 2 saturated heterocycles. The van der Waals surface area contributed by atoms with E-state index in [1.54, 1.807) is 6.92 Å². The fourth-order valence-electron chi connectivity index (χ4n) is 3.87. The Bertz CT molecular complexity index is 742. The van der Waals surface area contributed by atoms with Crippen LogP contribution in [0.15, 0.2) is 24.3 Å². The highest BCUT2D eigenvalue weighted by Crippen LogP contribution is 2.24. The van der Waals surface area contributed by atoms with Crippen LogP contribution < -0.4 is 15.5 Å². The predicted octanol–water partition coefficient (Wildman–Crippen LogP) is 2.17. The number of rotatable bonds is 5. The van der Waals surface area contributed by atoms with Crippen LogP contribution in [0.4, 0.5) is 11.4 Å². The molecule has 7 heteroatoms. The van der Waals surface area contributed by atoms with E-state index in [1.165, 1.54) is 24.9 Å². The lowest BCUT2D eigenvalue weighted by Crippen LogP contribution is -2.52. The molecule has 0 bridgehead atoms. The summed E-state index contributed by atoms with van der Waals surface area (Å²) in [6.07, 6.45) is 4.31. The number of nitrogens with zero attached hydrogens (tertiary/aromatic N) is 1. The molecule has 2 fully saturated rings. The number of piperidine rings is 1. The van der Waals surface area contributed by atoms with Gasteiger partial charge in [0.05, 0.1) is 17.5 Å². The zero-order chi connectivity index (χ0) is 18.8. The highest BCUT2D eigenvalue weighted by molar-refractivity contribution is 7.91. The molecule has 0 spiro atoms. The zero-order valence-electron chi connectivity index (χ0n) is 15.6. The summed E-state index contributed by atoms with van der Waals surface area (Å²) in [5.74, 6) is 0.117. The molecule has 0 saturated carbocycles. The quantitative estimate of drug-likeness (QED) is 0.820. The lowest BCUT2D eigenvalue weighted by Gasteiger charge is -2.29. The second-order valence-corrected chi connectivity index (χ2v) is 10.0. The smallest absolute Gasteiger partial charge is 0.241 e. The zero-order valence-corrected chi connectivity index (χ0v) is 16.4. The highest BCUT2D eigenvalue weighted by atomic mass is 32.2. The van der Waals surface area contributed by atoms with Crippen molar-refractivity contribution >= 4 is 27.1 Å². The minimum Gasteiger partial charge on any atom is -0.372 e. The molecule has 144 valence electrons. The van der Waals surface area contributed by atoms with Crippen LogP contribution in [-0.4, -0.2) is 50.5 Å². The Morgan fingerprint density at radius 3 is 2.38 bits per heavy atom. The van der Waals surface area contributed by atoms with Gasteiger partial charge in [-0.25, -0.2) is 8.42 Å². The van der Waals surface area contributed by atoms with Gasteiger partial charge in [-0.1, -0.05) is 0 Å². The minimum atomic E-state index is -3.00. The summed E-state index contributed by atoms with van der Waals surface area (Å²) >= 11 is 0. The number of anilines is 2. The van der Waals surface area contributed by atoms with E-state index in [0.717, 1.165) is 18.8 Å². The number of sulfone groups is 1. The SMILES string of the molecule is C[C@@H](N[C@@]1(C)CCS(=O)(=O)C1)C(=O)Nc1ccc(N2CCCCC2)cc1. The Morgan fingerprint density at radius 1 is 1.15 bits per heavy atom. The highest BCUT2D eigenvalue weighted by Gasteiger charge is 2.39. The van der Waals surface area contributed by atoms with E-state index in [9.17, 15) is 13.2 Å². The van der Waals surface area contributed by atoms with E-state index in [1.807, 2.05) is 31.2 Å². The third kappa shape index (κ3) is 4.76. The topological polar surface area (TPSA) is 78.5 Å². The normalized spacial score (nSPS) is 26.5. The summed E-state index contributed by atoms with van der Waals surface area (Å²) in [5, 5.41) is 6.11. The first-order valence-electron chi connectivity index (χ1n) is 9.40. The number of carbonyl (C=O) groups excluding carboxylic acids is 1. The number of benzene rings is 1. The van der Waals surface area contributed by atoms with Gasteiger partial charge in [-0.3, -0.25) is 10.1 Å². The number of carbonyl (C=O) groups is 1. The first-order valence-corrected chi connectivity index (χ1v) is 11.2. The molecule has 2 atom stereocenters. The fraction of sp³-hybridized carbons (Fsp3) is 0.632. The Morgan fingerprint density at radius 2 is 1.81 bits per heavy atom. The maximum absolute atomic E-state index is 12.5. The van der Waals surface area contributed by atoms with Crippen molar-refractivity contribution in [2.75, 3.05) is 34.8 Å². The number of nitrogens with one attached hydrogen (secondary N) is 2. The molecule has 2 N–H and O–H groups in total. The van der Waals surface area contributed by atoms with Crippen molar-refractivity contribution in [1.82, 2.24) is 5.32 Å². The molecule has 0 aromatic heterocycles. The van der Waals surface area contributed by atoms with Gasteiger partial charge in [0, 0.05) is 30.0 Å². The fourth-order valence-corrected chi connectivity index (χ4v) is 5.98. The van der Waals surface area contributed by atoms with Crippen molar-refractivity contribution in [3.8, 4) is 0 Å². The summed E-state index contributed by atoms with van der Waals surface area (Å²) < 4.78 is 23.4. The Hall–Kier alpha value is -1.60. The number of hydrogen-bond donors (Lipinski definition) is 2. The van der Waals surface area contributed by atoms with Gasteiger partial charge in [-0.05, 0) is 63.8 Å². The summed E-state index contributed by atoms with van der Waals surface area (Å²) in [5.41, 5.74) is 1.42. The van der Waals surface area contributed by atoms with Crippen LogP contribution in [0.5, 0.6) is 0 Å². The number of hydrogen-bond acceptors (Lipinski definition) is 5. The monoisotopic (exact) mass is 379 g/mol. The maximum Gasteiger partial charge on any atom is 0.241 e. The van der Waals surface area contributed by atoms with Gasteiger partial charge in [0.25, 0.3) is 0 Å². The summed E-state index contributed by atoms with van der Waals surface area (Å²) in [7, 11) is -3.00. The van der Waals surface area contributed by atoms with Crippen LogP contribution in [0.2, 0.25) is 0 Å². The number of amides is 1. The van der Waals surface area contributed by atoms with Crippen molar-refractivity contribution in [2.45, 2.75) is 51.1 Å². The Kier molecular flexibility index (Phi) is 5.58. The van der Waals surface area contributed by atoms with Gasteiger partial charge in [-0.2, -0.15) is 0 Å². The molecular weight excluding hydrogens is 350 g/mol. The molecule has 2 aliphatic rings. The molecule has 0 unspecified atom stereocenters. The molecule has 2 aliphatic heterocycles. The Labute approximate surface area is 156 Å². The average Bonchev–Trinajstić information content (AvgIpc) is 2.89. The van der Waals surface area contributed by atoms with Crippen molar-refractivity contribution in [2.24, 2.45) is 0 Å². The van der Waals surface area contributed by atoms with Crippen molar-refractivity contribution in [1.29, 1.82) is 0 Å². The largest absolute Gasteiger partial charge is 0.372 e. The third-order valence-corrected chi connectivity index (χ3v) is 7.22. The van der Waals surface area contributed by atoms with Gasteiger partial charge in [0.1, 0.15) is 0 Å². The standard InChI is InChI=1S/C19H29N3O3S/c1-15(21-19(2)10-13-26(24,25)14-19)18(23)20-16-6-8-17(9-7-16)22-11-4-3-5-12-22/h6-9,15,21H,3-5,10-14H2,1-2H3,(H,20,23)/t15-,19+/m1/s1. The van der Waals surface area contributed by atoms with E-state index >= 15 is 0 Å². The maximum atomic E-state index is 12.5. The lowest BCUT2D eigenvalue weighted by atomic mass is 10.0. The summed E-state index contributed by atoms with van der Waals surface area (Å²) in [4.78, 5) is 14.8. The van der Waals surface area contributed by atoms with Crippen molar-refractivity contribution < 1.29 is 13.2 Å². The molecular formula is C19H29N3O3S. The van der Waals surface area contributed by atoms with Crippen LogP contribution in [0.25, 0.3) is 0 Å². The molecule has 0 radical (unpaired) electrons. The van der Waals surface area contributed by atoms with E-state index in [2.05, 4.69) is 15.5 Å². The van der Waals surface area contributed by atoms with Crippen molar-refractivity contribution in [3.63, 3.8) is 0 Å². The summed E-state index contributed by atoms with van der Waals surface area (Å²) in [6.45, 7) is 5.82. The first-order chi connectivity index (χ1) is 12.3. The second-order valence-electron chi connectivity index (χ2n) is 7.85.